The van der Waals surface area contributed by atoms with Gasteiger partial charge in [0.15, 0.2) is 11.6 Å². The topological polar surface area (TPSA) is 147 Å². The molecule has 1 fully saturated rings. The monoisotopic (exact) mass is 432 g/mol. The number of nitriles is 1. The number of anilines is 1. The predicted molar refractivity (Wildman–Crippen MR) is 104 cm³/mol. The van der Waals surface area contributed by atoms with Gasteiger partial charge in [0.05, 0.1) is 5.56 Å². The number of nitrogens with one attached hydrogen (secondary N) is 2. The average Bonchev–Trinajstić information content (AvgIpc) is 3.45. The molecule has 2 aromatic rings. The third-order valence-electron chi connectivity index (χ3n) is 5.22. The molecule has 3 rings (SSSR count). The Kier molecular flexibility index (Phi) is 5.85. The number of urea groups is 1. The van der Waals surface area contributed by atoms with Crippen LogP contribution < -0.4 is 22.1 Å². The summed E-state index contributed by atoms with van der Waals surface area (Å²) >= 11 is 0. The lowest BCUT2D eigenvalue weighted by atomic mass is 9.84. The van der Waals surface area contributed by atoms with Crippen LogP contribution in [0.15, 0.2) is 24.4 Å². The Labute approximate surface area is 175 Å². The molecule has 1 aliphatic carbocycles. The normalized spacial score (nSPS) is 19.1. The van der Waals surface area contributed by atoms with E-state index in [4.69, 9.17) is 16.7 Å². The molecule has 0 saturated heterocycles. The summed E-state index contributed by atoms with van der Waals surface area (Å²) in [6, 6.07) is 3.39. The summed E-state index contributed by atoms with van der Waals surface area (Å²) in [7, 11) is 0. The van der Waals surface area contributed by atoms with Crippen LogP contribution in [0, 0.1) is 35.8 Å². The van der Waals surface area contributed by atoms with Crippen molar-refractivity contribution < 1.29 is 22.8 Å². The second-order valence-electron chi connectivity index (χ2n) is 7.38. The van der Waals surface area contributed by atoms with E-state index in [1.807, 2.05) is 6.07 Å². The second kappa shape index (κ2) is 8.23. The van der Waals surface area contributed by atoms with E-state index in [2.05, 4.69) is 15.6 Å². The molecule has 0 spiro atoms. The van der Waals surface area contributed by atoms with Crippen molar-refractivity contribution in [3.05, 3.63) is 58.4 Å². The lowest BCUT2D eigenvalue weighted by Crippen LogP contribution is -2.53. The second-order valence-corrected chi connectivity index (χ2v) is 7.38. The van der Waals surface area contributed by atoms with Gasteiger partial charge in [0.2, 0.25) is 0 Å². The van der Waals surface area contributed by atoms with Gasteiger partial charge < -0.3 is 22.1 Å². The Hall–Kier alpha value is -3.65. The first-order valence-corrected chi connectivity index (χ1v) is 9.19. The highest BCUT2D eigenvalue weighted by Crippen LogP contribution is 2.46. The maximum Gasteiger partial charge on any atom is 0.312 e. The van der Waals surface area contributed by atoms with Gasteiger partial charge >= 0.3 is 6.03 Å². The molecule has 1 aromatic heterocycles. The Balaban J connectivity index is 2.02. The van der Waals surface area contributed by atoms with Gasteiger partial charge in [-0.3, -0.25) is 4.79 Å². The SMILES string of the molecule is Cc1cc(C#N)cnc1C(=O)Nc1cc(F)c(F)c([C@@](CF)(NC(N)=O)[C@H]2C[C@H]2N)c1. The minimum absolute atomic E-state index is 0.0403. The predicted octanol–water partition coefficient (Wildman–Crippen LogP) is 1.97. The number of nitrogens with two attached hydrogens (primary N) is 2. The highest BCUT2D eigenvalue weighted by molar-refractivity contribution is 6.03. The molecule has 162 valence electrons. The molecule has 0 radical (unpaired) electrons. The molecule has 0 unspecified atom stereocenters. The highest BCUT2D eigenvalue weighted by atomic mass is 19.2. The van der Waals surface area contributed by atoms with Crippen molar-refractivity contribution >= 4 is 17.6 Å². The van der Waals surface area contributed by atoms with Gasteiger partial charge in [-0.25, -0.2) is 22.9 Å². The molecule has 1 saturated carbocycles. The van der Waals surface area contributed by atoms with Crippen LogP contribution in [0.25, 0.3) is 0 Å². The fourth-order valence-corrected chi connectivity index (χ4v) is 3.62. The zero-order chi connectivity index (χ0) is 22.9. The van der Waals surface area contributed by atoms with Crippen molar-refractivity contribution in [2.75, 3.05) is 12.0 Å². The first kappa shape index (κ1) is 22.0. The molecule has 1 aliphatic rings. The zero-order valence-corrected chi connectivity index (χ0v) is 16.4. The van der Waals surface area contributed by atoms with E-state index in [1.54, 1.807) is 6.92 Å². The van der Waals surface area contributed by atoms with E-state index in [0.717, 1.165) is 12.1 Å². The van der Waals surface area contributed by atoms with Crippen LogP contribution in [-0.4, -0.2) is 29.6 Å². The average molecular weight is 432 g/mol. The summed E-state index contributed by atoms with van der Waals surface area (Å²) in [4.78, 5) is 28.0. The molecule has 31 heavy (non-hydrogen) atoms. The van der Waals surface area contributed by atoms with Crippen molar-refractivity contribution in [1.82, 2.24) is 10.3 Å². The summed E-state index contributed by atoms with van der Waals surface area (Å²) in [5.41, 5.74) is 8.83. The van der Waals surface area contributed by atoms with Crippen molar-refractivity contribution in [2.24, 2.45) is 17.4 Å². The smallest absolute Gasteiger partial charge is 0.312 e. The lowest BCUT2D eigenvalue weighted by molar-refractivity contribution is 0.102. The third kappa shape index (κ3) is 4.15. The van der Waals surface area contributed by atoms with Crippen LogP contribution in [0.1, 0.15) is 33.6 Å². The molecule has 1 aromatic carbocycles. The van der Waals surface area contributed by atoms with Gasteiger partial charge in [-0.1, -0.05) is 0 Å². The van der Waals surface area contributed by atoms with Gasteiger partial charge in [-0.15, -0.1) is 0 Å². The molecule has 3 amide bonds. The fraction of sp³-hybridized carbons (Fsp3) is 0.300. The van der Waals surface area contributed by atoms with Crippen LogP contribution in [0.5, 0.6) is 0 Å². The minimum Gasteiger partial charge on any atom is -0.352 e. The Morgan fingerprint density at radius 3 is 2.55 bits per heavy atom. The fourth-order valence-electron chi connectivity index (χ4n) is 3.62. The number of carbonyl (C=O) groups is 2. The largest absolute Gasteiger partial charge is 0.352 e. The number of nitrogens with zero attached hydrogens (tertiary/aromatic N) is 2. The summed E-state index contributed by atoms with van der Waals surface area (Å²) < 4.78 is 43.3. The summed E-state index contributed by atoms with van der Waals surface area (Å²) in [6.07, 6.45) is 1.45. The first-order chi connectivity index (χ1) is 14.6. The van der Waals surface area contributed by atoms with Gasteiger partial charge in [0, 0.05) is 35.5 Å². The van der Waals surface area contributed by atoms with Crippen LogP contribution in [0.3, 0.4) is 0 Å². The van der Waals surface area contributed by atoms with Crippen molar-refractivity contribution in [2.45, 2.75) is 24.9 Å². The number of rotatable bonds is 6. The van der Waals surface area contributed by atoms with Crippen molar-refractivity contribution in [3.8, 4) is 6.07 Å². The van der Waals surface area contributed by atoms with Crippen LogP contribution in [0.4, 0.5) is 23.7 Å². The number of amides is 3. The first-order valence-electron chi connectivity index (χ1n) is 9.19. The third-order valence-corrected chi connectivity index (χ3v) is 5.22. The van der Waals surface area contributed by atoms with Gasteiger partial charge in [0.1, 0.15) is 24.0 Å². The summed E-state index contributed by atoms with van der Waals surface area (Å²) in [5, 5.41) is 13.4. The number of halogens is 3. The summed E-state index contributed by atoms with van der Waals surface area (Å²) in [6.45, 7) is 0.261. The number of hydrogen-bond donors (Lipinski definition) is 4. The van der Waals surface area contributed by atoms with Gasteiger partial charge in [-0.05, 0) is 31.0 Å². The molecule has 0 bridgehead atoms. The number of aromatic nitrogens is 1. The molecule has 8 nitrogen and oxygen atoms in total. The van der Waals surface area contributed by atoms with Crippen molar-refractivity contribution in [1.29, 1.82) is 5.26 Å². The van der Waals surface area contributed by atoms with E-state index < -0.39 is 53.3 Å². The van der Waals surface area contributed by atoms with Crippen molar-refractivity contribution in [3.63, 3.8) is 0 Å². The van der Waals surface area contributed by atoms with Crippen LogP contribution >= 0.6 is 0 Å². The lowest BCUT2D eigenvalue weighted by Gasteiger charge is -2.33. The maximum absolute atomic E-state index is 14.7. The number of pyridine rings is 1. The summed E-state index contributed by atoms with van der Waals surface area (Å²) in [5.74, 6) is -4.23. The number of primary amides is 1. The standard InChI is InChI=1S/C20H19F3N6O2/c1-9-2-10(6-24)7-27-17(9)18(30)28-11-3-13(16(23)14(22)4-11)20(8-21,29-19(26)31)12-5-15(12)25/h2-4,7,12,15H,5,8,25H2,1H3,(H,28,30)(H3,26,29,31)/t12-,15+,20-/m0/s1. The molecule has 11 heteroatoms. The molecular formula is C20H19F3N6O2. The van der Waals surface area contributed by atoms with E-state index in [-0.39, 0.29) is 23.4 Å². The number of benzene rings is 1. The van der Waals surface area contributed by atoms with Gasteiger partial charge in [-0.2, -0.15) is 5.26 Å². The van der Waals surface area contributed by atoms with E-state index >= 15 is 0 Å². The van der Waals surface area contributed by atoms with E-state index in [9.17, 15) is 22.8 Å². The molecule has 1 heterocycles. The quantitative estimate of drug-likeness (QED) is 0.551. The zero-order valence-electron chi connectivity index (χ0n) is 16.4. The highest BCUT2D eigenvalue weighted by Gasteiger charge is 2.54. The maximum atomic E-state index is 14.7. The molecule has 0 aliphatic heterocycles. The minimum atomic E-state index is -1.99. The molecule has 3 atom stereocenters. The van der Waals surface area contributed by atoms with Gasteiger partial charge in [0.25, 0.3) is 5.91 Å². The van der Waals surface area contributed by atoms with Crippen LogP contribution in [-0.2, 0) is 5.54 Å². The van der Waals surface area contributed by atoms with E-state index in [1.165, 1.54) is 12.3 Å². The Morgan fingerprint density at radius 2 is 2.03 bits per heavy atom. The van der Waals surface area contributed by atoms with E-state index in [0.29, 0.717) is 5.56 Å². The number of alkyl halides is 1. The molecule has 6 N–H and O–H groups in total. The number of aryl methyl sites for hydroxylation is 1. The Morgan fingerprint density at radius 1 is 1.35 bits per heavy atom. The number of hydrogen-bond acceptors (Lipinski definition) is 5. The molecular weight excluding hydrogens is 413 g/mol. The van der Waals surface area contributed by atoms with Crippen LogP contribution in [0.2, 0.25) is 0 Å². The Bertz CT molecular complexity index is 1100. The number of carbonyl (C=O) groups excluding carboxylic acids is 2.